The fraction of sp³-hybridized carbons (Fsp3) is 0.556. The lowest BCUT2D eigenvalue weighted by molar-refractivity contribution is -0.154. The van der Waals surface area contributed by atoms with Crippen LogP contribution in [0, 0.1) is 0 Å². The molecule has 0 spiro atoms. The molecule has 6 nitrogen and oxygen atoms in total. The number of aromatic nitrogens is 4. The first-order valence-electron chi connectivity index (χ1n) is 8.16. The van der Waals surface area contributed by atoms with E-state index in [0.29, 0.717) is 18.7 Å². The number of hydrogen-bond acceptors (Lipinski definition) is 5. The number of carbonyl (C=O) groups excluding carboxylic acids is 1. The molecule has 0 N–H and O–H groups in total. The summed E-state index contributed by atoms with van der Waals surface area (Å²) in [6.07, 6.45) is 1.02. The van der Waals surface area contributed by atoms with Crippen LogP contribution in [0.15, 0.2) is 24.3 Å². The van der Waals surface area contributed by atoms with Crippen LogP contribution in [0.1, 0.15) is 53.5 Å². The molecule has 6 heteroatoms. The van der Waals surface area contributed by atoms with Crippen LogP contribution in [0.25, 0.3) is 11.4 Å². The quantitative estimate of drug-likeness (QED) is 0.804. The van der Waals surface area contributed by atoms with Crippen LogP contribution in [0.2, 0.25) is 0 Å². The third-order valence-corrected chi connectivity index (χ3v) is 3.26. The highest BCUT2D eigenvalue weighted by atomic mass is 16.6. The molecule has 0 radical (unpaired) electrons. The molecule has 0 aliphatic carbocycles. The Bertz CT molecular complexity index is 691. The van der Waals surface area contributed by atoms with E-state index in [9.17, 15) is 4.79 Å². The molecule has 0 atom stereocenters. The number of ether oxygens (including phenoxy) is 1. The summed E-state index contributed by atoms with van der Waals surface area (Å²) in [5.41, 5.74) is 1.35. The lowest BCUT2D eigenvalue weighted by atomic mass is 10.1. The van der Waals surface area contributed by atoms with Crippen molar-refractivity contribution in [3.05, 3.63) is 29.8 Å². The number of hydrogen-bond donors (Lipinski definition) is 0. The van der Waals surface area contributed by atoms with E-state index < -0.39 is 5.60 Å². The molecule has 0 unspecified atom stereocenters. The van der Waals surface area contributed by atoms with Gasteiger partial charge in [-0.1, -0.05) is 24.3 Å². The molecule has 1 aromatic carbocycles. The number of esters is 1. The van der Waals surface area contributed by atoms with Gasteiger partial charge < -0.3 is 4.74 Å². The zero-order valence-electron chi connectivity index (χ0n) is 15.3. The van der Waals surface area contributed by atoms with E-state index in [1.807, 2.05) is 65.8 Å². The zero-order chi connectivity index (χ0) is 18.0. The second-order valence-electron chi connectivity index (χ2n) is 7.86. The van der Waals surface area contributed by atoms with Crippen molar-refractivity contribution in [3.63, 3.8) is 0 Å². The lowest BCUT2D eigenvalue weighted by Crippen LogP contribution is -2.24. The molecule has 0 aliphatic rings. The van der Waals surface area contributed by atoms with E-state index in [1.165, 1.54) is 0 Å². The summed E-state index contributed by atoms with van der Waals surface area (Å²) < 4.78 is 5.32. The molecule has 0 saturated carbocycles. The number of tetrazole rings is 1. The van der Waals surface area contributed by atoms with Crippen LogP contribution in [0.4, 0.5) is 0 Å². The maximum Gasteiger partial charge on any atom is 0.306 e. The zero-order valence-corrected chi connectivity index (χ0v) is 15.3. The summed E-state index contributed by atoms with van der Waals surface area (Å²) in [5.74, 6) is 0.421. The average Bonchev–Trinajstić information content (AvgIpc) is 2.93. The van der Waals surface area contributed by atoms with Gasteiger partial charge in [-0.3, -0.25) is 4.79 Å². The topological polar surface area (TPSA) is 69.9 Å². The van der Waals surface area contributed by atoms with E-state index in [0.717, 1.165) is 11.1 Å². The Hall–Kier alpha value is -2.24. The standard InChI is InChI=1S/C18H26N4O2/c1-17(2,3)22-20-16(19-21-22)14-10-7-13(8-11-14)9-12-15(23)24-18(4,5)6/h7-8,10-11H,9,12H2,1-6H3. The number of aryl methyl sites for hydroxylation is 1. The van der Waals surface area contributed by atoms with Crippen molar-refractivity contribution in [1.29, 1.82) is 0 Å². The lowest BCUT2D eigenvalue weighted by Gasteiger charge is -2.19. The summed E-state index contributed by atoms with van der Waals surface area (Å²) in [7, 11) is 0. The smallest absolute Gasteiger partial charge is 0.306 e. The van der Waals surface area contributed by atoms with Gasteiger partial charge in [0.1, 0.15) is 5.60 Å². The minimum Gasteiger partial charge on any atom is -0.460 e. The van der Waals surface area contributed by atoms with Gasteiger partial charge in [0.15, 0.2) is 0 Å². The molecular formula is C18H26N4O2. The molecule has 0 saturated heterocycles. The molecule has 2 rings (SSSR count). The van der Waals surface area contributed by atoms with Gasteiger partial charge in [0.05, 0.1) is 5.54 Å². The van der Waals surface area contributed by atoms with Crippen LogP contribution in [0.3, 0.4) is 0 Å². The van der Waals surface area contributed by atoms with Crippen molar-refractivity contribution in [2.75, 3.05) is 0 Å². The summed E-state index contributed by atoms with van der Waals surface area (Å²) >= 11 is 0. The molecule has 0 aliphatic heterocycles. The van der Waals surface area contributed by atoms with Crippen molar-refractivity contribution in [1.82, 2.24) is 20.2 Å². The van der Waals surface area contributed by atoms with E-state index in [2.05, 4.69) is 15.4 Å². The number of benzene rings is 1. The molecule has 130 valence electrons. The molecule has 1 heterocycles. The predicted octanol–water partition coefficient (Wildman–Crippen LogP) is 3.37. The second-order valence-corrected chi connectivity index (χ2v) is 7.86. The molecule has 2 aromatic rings. The summed E-state index contributed by atoms with van der Waals surface area (Å²) in [6.45, 7) is 11.7. The van der Waals surface area contributed by atoms with Crippen LogP contribution in [-0.2, 0) is 21.5 Å². The Labute approximate surface area is 143 Å². The maximum absolute atomic E-state index is 11.8. The Morgan fingerprint density at radius 2 is 1.71 bits per heavy atom. The minimum absolute atomic E-state index is 0.179. The average molecular weight is 330 g/mol. The third-order valence-electron chi connectivity index (χ3n) is 3.26. The van der Waals surface area contributed by atoms with Gasteiger partial charge in [-0.2, -0.15) is 4.80 Å². The maximum atomic E-state index is 11.8. The van der Waals surface area contributed by atoms with Crippen molar-refractivity contribution in [2.24, 2.45) is 0 Å². The first-order chi connectivity index (χ1) is 11.0. The van der Waals surface area contributed by atoms with Crippen molar-refractivity contribution >= 4 is 5.97 Å². The fourth-order valence-corrected chi connectivity index (χ4v) is 2.07. The molecule has 0 amide bonds. The SMILES string of the molecule is CC(C)(C)OC(=O)CCc1ccc(-c2nnn(C(C)(C)C)n2)cc1. The van der Waals surface area contributed by atoms with Gasteiger partial charge in [0.2, 0.25) is 5.82 Å². The molecular weight excluding hydrogens is 304 g/mol. The van der Waals surface area contributed by atoms with Crippen molar-refractivity contribution in [2.45, 2.75) is 65.5 Å². The Morgan fingerprint density at radius 3 is 2.21 bits per heavy atom. The van der Waals surface area contributed by atoms with Crippen molar-refractivity contribution < 1.29 is 9.53 Å². The highest BCUT2D eigenvalue weighted by molar-refractivity contribution is 5.70. The number of nitrogens with zero attached hydrogens (tertiary/aromatic N) is 4. The fourth-order valence-electron chi connectivity index (χ4n) is 2.07. The van der Waals surface area contributed by atoms with Gasteiger partial charge in [0.25, 0.3) is 0 Å². The van der Waals surface area contributed by atoms with Gasteiger partial charge in [-0.15, -0.1) is 10.2 Å². The Morgan fingerprint density at radius 1 is 1.08 bits per heavy atom. The van der Waals surface area contributed by atoms with Crippen LogP contribution in [-0.4, -0.2) is 31.8 Å². The molecule has 24 heavy (non-hydrogen) atoms. The summed E-state index contributed by atoms with van der Waals surface area (Å²) in [5, 5.41) is 12.6. The molecule has 0 fully saturated rings. The second kappa shape index (κ2) is 6.71. The molecule has 1 aromatic heterocycles. The van der Waals surface area contributed by atoms with E-state index in [-0.39, 0.29) is 11.5 Å². The summed E-state index contributed by atoms with van der Waals surface area (Å²) in [6, 6.07) is 7.87. The van der Waals surface area contributed by atoms with Gasteiger partial charge in [-0.05, 0) is 58.7 Å². The van der Waals surface area contributed by atoms with Gasteiger partial charge >= 0.3 is 5.97 Å². The monoisotopic (exact) mass is 330 g/mol. The van der Waals surface area contributed by atoms with Crippen LogP contribution in [0.5, 0.6) is 0 Å². The van der Waals surface area contributed by atoms with Crippen LogP contribution < -0.4 is 0 Å². The highest BCUT2D eigenvalue weighted by Crippen LogP contribution is 2.18. The van der Waals surface area contributed by atoms with E-state index in [1.54, 1.807) is 4.80 Å². The van der Waals surface area contributed by atoms with E-state index in [4.69, 9.17) is 4.74 Å². The minimum atomic E-state index is -0.439. The Kier molecular flexibility index (Phi) is 5.06. The third kappa shape index (κ3) is 5.15. The molecule has 0 bridgehead atoms. The van der Waals surface area contributed by atoms with Gasteiger partial charge in [-0.25, -0.2) is 0 Å². The number of carbonyl (C=O) groups is 1. The first-order valence-corrected chi connectivity index (χ1v) is 8.16. The normalized spacial score (nSPS) is 12.2. The highest BCUT2D eigenvalue weighted by Gasteiger charge is 2.18. The van der Waals surface area contributed by atoms with Gasteiger partial charge in [0, 0.05) is 12.0 Å². The van der Waals surface area contributed by atoms with Crippen molar-refractivity contribution in [3.8, 4) is 11.4 Å². The number of rotatable bonds is 4. The first kappa shape index (κ1) is 18.1. The summed E-state index contributed by atoms with van der Waals surface area (Å²) in [4.78, 5) is 13.4. The Balaban J connectivity index is 1.98. The largest absolute Gasteiger partial charge is 0.460 e. The van der Waals surface area contributed by atoms with E-state index >= 15 is 0 Å². The predicted molar refractivity (Wildman–Crippen MR) is 92.4 cm³/mol. The van der Waals surface area contributed by atoms with Crippen LogP contribution >= 0.6 is 0 Å².